The Kier molecular flexibility index (Phi) is 5.86. The number of halogens is 4. The number of carbonyl (C=O) groups is 2. The highest BCUT2D eigenvalue weighted by atomic mass is 35.5. The van der Waals surface area contributed by atoms with Crippen molar-refractivity contribution in [1.82, 2.24) is 10.2 Å². The van der Waals surface area contributed by atoms with Crippen LogP contribution in [0.2, 0.25) is 5.02 Å². The van der Waals surface area contributed by atoms with Crippen LogP contribution in [-0.4, -0.2) is 41.8 Å². The zero-order valence-electron chi connectivity index (χ0n) is 17.9. The highest BCUT2D eigenvalue weighted by Gasteiger charge is 2.38. The quantitative estimate of drug-likeness (QED) is 0.710. The highest BCUT2D eigenvalue weighted by Crippen LogP contribution is 2.38. The summed E-state index contributed by atoms with van der Waals surface area (Å²) in [5.41, 5.74) is 1.55. The van der Waals surface area contributed by atoms with Gasteiger partial charge >= 0.3 is 6.18 Å². The molecule has 0 aromatic heterocycles. The molecule has 1 unspecified atom stereocenters. The maximum Gasteiger partial charge on any atom is 0.393 e. The fourth-order valence-corrected chi connectivity index (χ4v) is 4.31. The summed E-state index contributed by atoms with van der Waals surface area (Å²) >= 11 is 6.18. The molecule has 6 nitrogen and oxygen atoms in total. The van der Waals surface area contributed by atoms with Crippen molar-refractivity contribution in [2.24, 2.45) is 5.16 Å². The summed E-state index contributed by atoms with van der Waals surface area (Å²) in [6.45, 7) is 3.51. The van der Waals surface area contributed by atoms with Gasteiger partial charge in [0.1, 0.15) is 6.54 Å². The van der Waals surface area contributed by atoms with Gasteiger partial charge in [-0.3, -0.25) is 9.59 Å². The Morgan fingerprint density at radius 1 is 1.27 bits per heavy atom. The third-order valence-corrected chi connectivity index (χ3v) is 5.88. The van der Waals surface area contributed by atoms with E-state index in [-0.39, 0.29) is 30.2 Å². The summed E-state index contributed by atoms with van der Waals surface area (Å²) in [7, 11) is 0. The average molecular weight is 480 g/mol. The monoisotopic (exact) mass is 479 g/mol. The van der Waals surface area contributed by atoms with E-state index in [1.165, 1.54) is 17.0 Å². The topological polar surface area (TPSA) is 71.0 Å². The van der Waals surface area contributed by atoms with Gasteiger partial charge in [-0.25, -0.2) is 0 Å². The molecule has 2 aromatic rings. The molecule has 10 heteroatoms. The lowest BCUT2D eigenvalue weighted by Gasteiger charge is -2.23. The van der Waals surface area contributed by atoms with Crippen molar-refractivity contribution < 1.29 is 27.6 Å². The minimum atomic E-state index is -4.52. The third-order valence-electron chi connectivity index (χ3n) is 5.66. The largest absolute Gasteiger partial charge is 0.393 e. The number of nitrogens with zero attached hydrogens (tertiary/aromatic N) is 2. The van der Waals surface area contributed by atoms with Crippen molar-refractivity contribution in [2.75, 3.05) is 13.2 Å². The summed E-state index contributed by atoms with van der Waals surface area (Å²) in [6, 6.07) is 9.73. The van der Waals surface area contributed by atoms with Crippen LogP contribution in [0.4, 0.5) is 13.2 Å². The Bertz CT molecular complexity index is 1150. The molecule has 0 saturated carbocycles. The molecule has 0 spiro atoms. The van der Waals surface area contributed by atoms with Crippen molar-refractivity contribution in [3.05, 3.63) is 69.2 Å². The second-order valence-corrected chi connectivity index (χ2v) is 8.92. The van der Waals surface area contributed by atoms with E-state index in [1.54, 1.807) is 12.1 Å². The van der Waals surface area contributed by atoms with Gasteiger partial charge in [-0.1, -0.05) is 28.9 Å². The Morgan fingerprint density at radius 3 is 2.67 bits per heavy atom. The lowest BCUT2D eigenvalue weighted by Crippen LogP contribution is -2.31. The van der Waals surface area contributed by atoms with Crippen molar-refractivity contribution in [1.29, 1.82) is 0 Å². The normalized spacial score (nSPS) is 20.5. The Morgan fingerprint density at radius 2 is 2.03 bits per heavy atom. The predicted molar refractivity (Wildman–Crippen MR) is 116 cm³/mol. The first-order chi connectivity index (χ1) is 15.4. The van der Waals surface area contributed by atoms with Crippen molar-refractivity contribution in [3.63, 3.8) is 0 Å². The van der Waals surface area contributed by atoms with Gasteiger partial charge in [0.05, 0.1) is 18.8 Å². The standard InChI is InChI=1S/C23H21ClF3N3O3/c1-13-5-16(8-17(24)6-13)22(2)10-19(29-33-22)14-3-4-18(15(7-14)9-23(25,26)27)21(32)30-11-20(31)28-12-30/h3-8H,9-12H2,1-2H3,(H,28,31). The third kappa shape index (κ3) is 4.98. The molecule has 2 amide bonds. The van der Waals surface area contributed by atoms with Crippen LogP contribution in [0.5, 0.6) is 0 Å². The second kappa shape index (κ2) is 8.37. The number of hydrogen-bond acceptors (Lipinski definition) is 4. The first-order valence-electron chi connectivity index (χ1n) is 10.2. The molecule has 0 aliphatic carbocycles. The van der Waals surface area contributed by atoms with E-state index in [1.807, 2.05) is 26.0 Å². The van der Waals surface area contributed by atoms with Crippen LogP contribution in [0.15, 0.2) is 41.6 Å². The number of hydrogen-bond donors (Lipinski definition) is 1. The smallest absolute Gasteiger partial charge is 0.384 e. The summed E-state index contributed by atoms with van der Waals surface area (Å²) in [5.74, 6) is -0.992. The van der Waals surface area contributed by atoms with Crippen LogP contribution in [0, 0.1) is 6.92 Å². The Hall–Kier alpha value is -3.07. The van der Waals surface area contributed by atoms with E-state index < -0.39 is 24.1 Å². The summed E-state index contributed by atoms with van der Waals surface area (Å²) in [6.07, 6.45) is -5.49. The fraction of sp³-hybridized carbons (Fsp3) is 0.348. The lowest BCUT2D eigenvalue weighted by atomic mass is 9.87. The van der Waals surface area contributed by atoms with Gasteiger partial charge in [0.25, 0.3) is 5.91 Å². The van der Waals surface area contributed by atoms with Gasteiger partial charge in [0.15, 0.2) is 5.60 Å². The predicted octanol–water partition coefficient (Wildman–Crippen LogP) is 4.32. The van der Waals surface area contributed by atoms with E-state index >= 15 is 0 Å². The molecular weight excluding hydrogens is 459 g/mol. The van der Waals surface area contributed by atoms with Gasteiger partial charge in [0, 0.05) is 17.0 Å². The van der Waals surface area contributed by atoms with Gasteiger partial charge in [0.2, 0.25) is 5.91 Å². The van der Waals surface area contributed by atoms with Crippen LogP contribution in [0.25, 0.3) is 0 Å². The SMILES string of the molecule is Cc1cc(Cl)cc(C2(C)CC(c3ccc(C(=O)N4CNC(=O)C4)c(CC(F)(F)F)c3)=NO2)c1. The molecule has 2 aliphatic heterocycles. The van der Waals surface area contributed by atoms with Gasteiger partial charge in [-0.2, -0.15) is 13.2 Å². The maximum absolute atomic E-state index is 13.3. The number of nitrogens with one attached hydrogen (secondary N) is 1. The summed E-state index contributed by atoms with van der Waals surface area (Å²) < 4.78 is 39.9. The molecule has 1 N–H and O–H groups in total. The number of benzene rings is 2. The molecule has 1 fully saturated rings. The Labute approximate surface area is 193 Å². The number of rotatable bonds is 4. The zero-order chi connectivity index (χ0) is 24.0. The molecule has 2 aliphatic rings. The first-order valence-corrected chi connectivity index (χ1v) is 10.6. The maximum atomic E-state index is 13.3. The minimum Gasteiger partial charge on any atom is -0.384 e. The van der Waals surface area contributed by atoms with Crippen LogP contribution < -0.4 is 5.32 Å². The highest BCUT2D eigenvalue weighted by molar-refractivity contribution is 6.30. The number of alkyl halides is 3. The van der Waals surface area contributed by atoms with E-state index in [0.29, 0.717) is 22.7 Å². The Balaban J connectivity index is 1.64. The van der Waals surface area contributed by atoms with E-state index in [4.69, 9.17) is 16.4 Å². The molecule has 2 heterocycles. The molecule has 1 atom stereocenters. The lowest BCUT2D eigenvalue weighted by molar-refractivity contribution is -0.127. The number of oxime groups is 1. The second-order valence-electron chi connectivity index (χ2n) is 8.48. The van der Waals surface area contributed by atoms with Crippen LogP contribution >= 0.6 is 11.6 Å². The molecule has 33 heavy (non-hydrogen) atoms. The first kappa shape index (κ1) is 23.1. The summed E-state index contributed by atoms with van der Waals surface area (Å²) in [5, 5.41) is 7.16. The van der Waals surface area contributed by atoms with Crippen molar-refractivity contribution in [2.45, 2.75) is 38.5 Å². The van der Waals surface area contributed by atoms with Crippen molar-refractivity contribution >= 4 is 29.1 Å². The molecule has 174 valence electrons. The van der Waals surface area contributed by atoms with Crippen LogP contribution in [0.3, 0.4) is 0 Å². The van der Waals surface area contributed by atoms with Gasteiger partial charge in [-0.15, -0.1) is 0 Å². The number of aryl methyl sites for hydroxylation is 1. The number of amides is 2. The van der Waals surface area contributed by atoms with Crippen LogP contribution in [0.1, 0.15) is 46.0 Å². The fourth-order valence-electron chi connectivity index (χ4n) is 4.02. The number of carbonyl (C=O) groups excluding carboxylic acids is 2. The van der Waals surface area contributed by atoms with E-state index in [9.17, 15) is 22.8 Å². The molecule has 2 aromatic carbocycles. The molecular formula is C23H21ClF3N3O3. The van der Waals surface area contributed by atoms with E-state index in [2.05, 4.69) is 10.5 Å². The molecule has 4 rings (SSSR count). The van der Waals surface area contributed by atoms with E-state index in [0.717, 1.165) is 11.1 Å². The van der Waals surface area contributed by atoms with Crippen molar-refractivity contribution in [3.8, 4) is 0 Å². The summed E-state index contributed by atoms with van der Waals surface area (Å²) in [4.78, 5) is 31.1. The van der Waals surface area contributed by atoms with Gasteiger partial charge < -0.3 is 15.1 Å². The molecule has 1 saturated heterocycles. The van der Waals surface area contributed by atoms with Crippen LogP contribution in [-0.2, 0) is 21.7 Å². The average Bonchev–Trinajstić information content (AvgIpc) is 3.32. The van der Waals surface area contributed by atoms with Gasteiger partial charge in [-0.05, 0) is 60.4 Å². The minimum absolute atomic E-state index is 0.0389. The molecule has 0 radical (unpaired) electrons. The zero-order valence-corrected chi connectivity index (χ0v) is 18.7. The molecule has 0 bridgehead atoms.